The van der Waals surface area contributed by atoms with Crippen LogP contribution in [-0.4, -0.2) is 58.9 Å². The fourth-order valence-corrected chi connectivity index (χ4v) is 5.86. The molecule has 1 fully saturated rings. The summed E-state index contributed by atoms with van der Waals surface area (Å²) in [4.78, 5) is 38.2. The molecule has 2 N–H and O–H groups in total. The number of carbonyl (C=O) groups excluding carboxylic acids is 2. The minimum Gasteiger partial charge on any atom is -0.456 e. The topological polar surface area (TPSA) is 109 Å². The summed E-state index contributed by atoms with van der Waals surface area (Å²) in [7, 11) is 0. The third-order valence-electron chi connectivity index (χ3n) is 7.00. The van der Waals surface area contributed by atoms with Crippen molar-refractivity contribution in [2.45, 2.75) is 18.1 Å². The first kappa shape index (κ1) is 29.8. The minimum atomic E-state index is -0.434. The molecule has 1 saturated heterocycles. The second-order valence-electron chi connectivity index (χ2n) is 10.1. The van der Waals surface area contributed by atoms with E-state index < -0.39 is 11.8 Å². The number of aromatic nitrogens is 2. The molecule has 226 valence electrons. The molecule has 0 unspecified atom stereocenters. The number of thioether (sulfide) groups is 1. The summed E-state index contributed by atoms with van der Waals surface area (Å²) in [6.07, 6.45) is 1.36. The lowest BCUT2D eigenvalue weighted by molar-refractivity contribution is -0.113. The highest BCUT2D eigenvalue weighted by molar-refractivity contribution is 8.00. The predicted molar refractivity (Wildman–Crippen MR) is 166 cm³/mol. The van der Waals surface area contributed by atoms with Gasteiger partial charge in [0.15, 0.2) is 5.82 Å². The first-order valence-corrected chi connectivity index (χ1v) is 15.3. The highest BCUT2D eigenvalue weighted by Gasteiger charge is 2.30. The number of morpholine rings is 1. The van der Waals surface area contributed by atoms with Gasteiger partial charge in [-0.15, -0.1) is 0 Å². The van der Waals surface area contributed by atoms with Gasteiger partial charge in [0.05, 0.1) is 36.2 Å². The molecule has 3 aromatic carbocycles. The van der Waals surface area contributed by atoms with Gasteiger partial charge in [-0.3, -0.25) is 9.69 Å². The maximum Gasteiger partial charge on any atom is 0.327 e. The summed E-state index contributed by atoms with van der Waals surface area (Å²) in [5, 5.41) is 6.57. The lowest BCUT2D eigenvalue weighted by Crippen LogP contribution is -2.42. The monoisotopic (exact) mass is 634 g/mol. The lowest BCUT2D eigenvalue weighted by Gasteiger charge is -2.29. The largest absolute Gasteiger partial charge is 0.456 e. The van der Waals surface area contributed by atoms with Crippen LogP contribution in [0.5, 0.6) is 11.5 Å². The summed E-state index contributed by atoms with van der Waals surface area (Å²) in [6, 6.07) is 18.0. The zero-order valence-corrected chi connectivity index (χ0v) is 25.0. The zero-order chi connectivity index (χ0) is 30.5. The third kappa shape index (κ3) is 7.11. The Kier molecular flexibility index (Phi) is 9.22. The second-order valence-corrected chi connectivity index (χ2v) is 11.4. The standard InChI is InChI=1S/C31H28ClFN6O4S/c32-26-15-23(8-9-27(26)43-24-3-1-2-21(33)14-24)39-29-25(16-34-31(39)41)30(36-19-35-29)44-18-28(40)37-22-6-4-20(5-7-22)17-38-10-12-42-13-11-38/h1-9,14-15,19H,10-13,16-18H2,(H,34,41)(H,37,40). The molecule has 3 heterocycles. The Balaban J connectivity index is 1.11. The molecule has 0 saturated carbocycles. The van der Waals surface area contributed by atoms with Gasteiger partial charge in [0, 0.05) is 37.0 Å². The summed E-state index contributed by atoms with van der Waals surface area (Å²) >= 11 is 7.74. The van der Waals surface area contributed by atoms with Crippen LogP contribution >= 0.6 is 23.4 Å². The number of hydrogen-bond acceptors (Lipinski definition) is 8. The van der Waals surface area contributed by atoms with Crippen LogP contribution in [0, 0.1) is 5.82 Å². The van der Waals surface area contributed by atoms with E-state index in [1.165, 1.54) is 46.8 Å². The van der Waals surface area contributed by atoms with E-state index >= 15 is 0 Å². The highest BCUT2D eigenvalue weighted by atomic mass is 35.5. The van der Waals surface area contributed by atoms with Crippen LogP contribution in [-0.2, 0) is 22.6 Å². The Labute approximate surface area is 262 Å². The number of hydrogen-bond donors (Lipinski definition) is 2. The van der Waals surface area contributed by atoms with Crippen LogP contribution in [0.4, 0.5) is 26.4 Å². The average Bonchev–Trinajstić information content (AvgIpc) is 3.02. The van der Waals surface area contributed by atoms with Crippen LogP contribution in [0.2, 0.25) is 5.02 Å². The molecule has 0 bridgehead atoms. The first-order valence-electron chi connectivity index (χ1n) is 13.9. The van der Waals surface area contributed by atoms with Crippen molar-refractivity contribution >= 4 is 52.5 Å². The number of urea groups is 1. The molecule has 3 amide bonds. The van der Waals surface area contributed by atoms with Gasteiger partial charge < -0.3 is 20.1 Å². The van der Waals surface area contributed by atoms with E-state index in [1.54, 1.807) is 24.3 Å². The predicted octanol–water partition coefficient (Wildman–Crippen LogP) is 5.99. The number of halogens is 2. The number of nitrogens with zero attached hydrogens (tertiary/aromatic N) is 4. The molecule has 0 spiro atoms. The molecule has 44 heavy (non-hydrogen) atoms. The minimum absolute atomic E-state index is 0.116. The van der Waals surface area contributed by atoms with Crippen molar-refractivity contribution in [2.24, 2.45) is 0 Å². The summed E-state index contributed by atoms with van der Waals surface area (Å²) < 4.78 is 24.7. The van der Waals surface area contributed by atoms with Gasteiger partial charge in [-0.05, 0) is 48.0 Å². The van der Waals surface area contributed by atoms with Gasteiger partial charge in [-0.25, -0.2) is 24.1 Å². The van der Waals surface area contributed by atoms with Crippen molar-refractivity contribution in [1.82, 2.24) is 20.2 Å². The van der Waals surface area contributed by atoms with Crippen molar-refractivity contribution in [3.05, 3.63) is 95.0 Å². The maximum absolute atomic E-state index is 13.6. The molecule has 0 aliphatic carbocycles. The van der Waals surface area contributed by atoms with E-state index in [0.29, 0.717) is 39.3 Å². The number of anilines is 3. The van der Waals surface area contributed by atoms with Gasteiger partial charge in [-0.1, -0.05) is 41.6 Å². The van der Waals surface area contributed by atoms with Crippen molar-refractivity contribution in [3.63, 3.8) is 0 Å². The summed E-state index contributed by atoms with van der Waals surface area (Å²) in [5.74, 6) is 0.481. The SMILES string of the molecule is O=C(CSc1ncnc2c1CNC(=O)N2c1ccc(Oc2cccc(F)c2)c(Cl)c1)Nc1ccc(CN2CCOCC2)cc1. The molecule has 1 aromatic heterocycles. The quantitative estimate of drug-likeness (QED) is 0.171. The molecule has 6 rings (SSSR count). The van der Waals surface area contributed by atoms with Crippen LogP contribution < -0.4 is 20.3 Å². The van der Waals surface area contributed by atoms with Gasteiger partial charge in [-0.2, -0.15) is 0 Å². The Morgan fingerprint density at radius 3 is 2.68 bits per heavy atom. The number of rotatable bonds is 9. The van der Waals surface area contributed by atoms with Crippen LogP contribution in [0.1, 0.15) is 11.1 Å². The molecule has 10 nitrogen and oxygen atoms in total. The van der Waals surface area contributed by atoms with Crippen LogP contribution in [0.3, 0.4) is 0 Å². The van der Waals surface area contributed by atoms with Crippen LogP contribution in [0.15, 0.2) is 78.1 Å². The third-order valence-corrected chi connectivity index (χ3v) is 8.33. The molecule has 2 aliphatic heterocycles. The average molecular weight is 635 g/mol. The summed E-state index contributed by atoms with van der Waals surface area (Å²) in [6.45, 7) is 4.38. The zero-order valence-electron chi connectivity index (χ0n) is 23.5. The molecule has 13 heteroatoms. The fourth-order valence-electron chi connectivity index (χ4n) is 4.85. The molecule has 0 radical (unpaired) electrons. The van der Waals surface area contributed by atoms with E-state index in [2.05, 4.69) is 25.5 Å². The first-order chi connectivity index (χ1) is 21.4. The van der Waals surface area contributed by atoms with Gasteiger partial charge in [0.25, 0.3) is 0 Å². The van der Waals surface area contributed by atoms with Crippen molar-refractivity contribution in [3.8, 4) is 11.5 Å². The fraction of sp³-hybridized carbons (Fsp3) is 0.226. The van der Waals surface area contributed by atoms with E-state index in [-0.39, 0.29) is 23.2 Å². The maximum atomic E-state index is 13.6. The van der Waals surface area contributed by atoms with E-state index in [0.717, 1.165) is 32.8 Å². The summed E-state index contributed by atoms with van der Waals surface area (Å²) in [5.41, 5.74) is 3.01. The van der Waals surface area contributed by atoms with Gasteiger partial charge in [0.1, 0.15) is 28.7 Å². The molecule has 0 atom stereocenters. The Bertz CT molecular complexity index is 1670. The number of nitrogens with one attached hydrogen (secondary N) is 2. The number of ether oxygens (including phenoxy) is 2. The van der Waals surface area contributed by atoms with Crippen LogP contribution in [0.25, 0.3) is 0 Å². The second kappa shape index (κ2) is 13.6. The number of carbonyl (C=O) groups is 2. The van der Waals surface area contributed by atoms with Crippen molar-refractivity contribution in [1.29, 1.82) is 0 Å². The molecule has 2 aliphatic rings. The Hall–Kier alpha value is -4.23. The lowest BCUT2D eigenvalue weighted by atomic mass is 10.2. The van der Waals surface area contributed by atoms with E-state index in [1.807, 2.05) is 24.3 Å². The number of fused-ring (bicyclic) bond motifs is 1. The van der Waals surface area contributed by atoms with E-state index in [9.17, 15) is 14.0 Å². The van der Waals surface area contributed by atoms with Crippen molar-refractivity contribution < 1.29 is 23.5 Å². The molecular weight excluding hydrogens is 607 g/mol. The number of benzene rings is 3. The van der Waals surface area contributed by atoms with E-state index in [4.69, 9.17) is 21.1 Å². The molecular formula is C31H28ClFN6O4S. The van der Waals surface area contributed by atoms with Crippen molar-refractivity contribution in [2.75, 3.05) is 42.3 Å². The Morgan fingerprint density at radius 1 is 1.09 bits per heavy atom. The van der Waals surface area contributed by atoms with Gasteiger partial charge in [0.2, 0.25) is 5.91 Å². The normalized spacial score (nSPS) is 15.0. The van der Waals surface area contributed by atoms with Gasteiger partial charge >= 0.3 is 6.03 Å². The molecule has 4 aromatic rings. The highest BCUT2D eigenvalue weighted by Crippen LogP contribution is 2.38. The Morgan fingerprint density at radius 2 is 1.91 bits per heavy atom. The number of amides is 3. The smallest absolute Gasteiger partial charge is 0.327 e.